The van der Waals surface area contributed by atoms with Gasteiger partial charge in [-0.05, 0) is 37.3 Å². The Morgan fingerprint density at radius 3 is 2.46 bits per heavy atom. The summed E-state index contributed by atoms with van der Waals surface area (Å²) in [4.78, 5) is 23.4. The number of benzene rings is 2. The Bertz CT molecular complexity index is 742. The molecule has 1 amide bonds. The number of ketones is 1. The smallest absolute Gasteiger partial charge is 0.262 e. The zero-order chi connectivity index (χ0) is 17.5. The molecule has 0 saturated carbocycles. The summed E-state index contributed by atoms with van der Waals surface area (Å²) in [6, 6.07) is 11.8. The van der Waals surface area contributed by atoms with Crippen molar-refractivity contribution in [3.05, 3.63) is 48.0 Å². The van der Waals surface area contributed by atoms with Crippen molar-refractivity contribution in [1.29, 1.82) is 0 Å². The first-order valence-electron chi connectivity index (χ1n) is 7.29. The van der Waals surface area contributed by atoms with Crippen LogP contribution < -0.4 is 19.5 Å². The zero-order valence-electron chi connectivity index (χ0n) is 13.8. The first-order chi connectivity index (χ1) is 11.5. The lowest BCUT2D eigenvalue weighted by Crippen LogP contribution is -2.20. The van der Waals surface area contributed by atoms with Crippen molar-refractivity contribution in [3.63, 3.8) is 0 Å². The summed E-state index contributed by atoms with van der Waals surface area (Å²) in [5.74, 6) is 1.05. The molecule has 126 valence electrons. The van der Waals surface area contributed by atoms with E-state index in [1.165, 1.54) is 14.0 Å². The van der Waals surface area contributed by atoms with Crippen LogP contribution in [-0.2, 0) is 4.79 Å². The van der Waals surface area contributed by atoms with Crippen LogP contribution in [0.25, 0.3) is 0 Å². The van der Waals surface area contributed by atoms with Crippen molar-refractivity contribution in [2.75, 3.05) is 26.1 Å². The Kier molecular flexibility index (Phi) is 5.78. The number of amides is 1. The van der Waals surface area contributed by atoms with Gasteiger partial charge in [0.2, 0.25) is 0 Å². The van der Waals surface area contributed by atoms with Crippen LogP contribution in [0.3, 0.4) is 0 Å². The molecule has 24 heavy (non-hydrogen) atoms. The molecule has 6 nitrogen and oxygen atoms in total. The van der Waals surface area contributed by atoms with Crippen molar-refractivity contribution in [1.82, 2.24) is 0 Å². The third kappa shape index (κ3) is 4.49. The topological polar surface area (TPSA) is 73.9 Å². The average molecular weight is 329 g/mol. The van der Waals surface area contributed by atoms with Gasteiger partial charge in [0.1, 0.15) is 5.75 Å². The fourth-order valence-corrected chi connectivity index (χ4v) is 2.05. The minimum absolute atomic E-state index is 0.0735. The van der Waals surface area contributed by atoms with Crippen LogP contribution in [0, 0.1) is 0 Å². The summed E-state index contributed by atoms with van der Waals surface area (Å²) < 4.78 is 15.8. The number of carbonyl (C=O) groups excluding carboxylic acids is 2. The maximum atomic E-state index is 12.0. The van der Waals surface area contributed by atoms with Gasteiger partial charge in [0.25, 0.3) is 5.91 Å². The third-order valence-electron chi connectivity index (χ3n) is 3.28. The maximum absolute atomic E-state index is 12.0. The Labute approximate surface area is 140 Å². The average Bonchev–Trinajstić information content (AvgIpc) is 2.59. The highest BCUT2D eigenvalue weighted by atomic mass is 16.5. The van der Waals surface area contributed by atoms with Crippen LogP contribution in [0.5, 0.6) is 17.2 Å². The number of Topliss-reactive ketones (excluding diaryl/α,β-unsaturated/α-hetero) is 1. The summed E-state index contributed by atoms with van der Waals surface area (Å²) in [5, 5.41) is 2.72. The molecule has 0 aliphatic carbocycles. The predicted molar refractivity (Wildman–Crippen MR) is 90.1 cm³/mol. The van der Waals surface area contributed by atoms with Crippen molar-refractivity contribution in [2.24, 2.45) is 0 Å². The summed E-state index contributed by atoms with van der Waals surface area (Å²) in [5.41, 5.74) is 1.13. The SMILES string of the molecule is COc1cccc(NC(=O)COc2ccc(C(C)=O)cc2OC)c1. The number of carbonyl (C=O) groups is 2. The fourth-order valence-electron chi connectivity index (χ4n) is 2.05. The summed E-state index contributed by atoms with van der Waals surface area (Å²) in [7, 11) is 3.03. The van der Waals surface area contributed by atoms with Crippen molar-refractivity contribution >= 4 is 17.4 Å². The second-order valence-corrected chi connectivity index (χ2v) is 4.99. The summed E-state index contributed by atoms with van der Waals surface area (Å²) >= 11 is 0. The van der Waals surface area contributed by atoms with Gasteiger partial charge in [0.05, 0.1) is 14.2 Å². The van der Waals surface area contributed by atoms with Crippen LogP contribution in [0.1, 0.15) is 17.3 Å². The molecule has 1 N–H and O–H groups in total. The number of methoxy groups -OCH3 is 2. The van der Waals surface area contributed by atoms with E-state index in [4.69, 9.17) is 14.2 Å². The lowest BCUT2D eigenvalue weighted by Gasteiger charge is -2.12. The van der Waals surface area contributed by atoms with E-state index in [1.807, 2.05) is 0 Å². The van der Waals surface area contributed by atoms with Crippen molar-refractivity contribution in [3.8, 4) is 17.2 Å². The number of rotatable bonds is 7. The van der Waals surface area contributed by atoms with Gasteiger partial charge < -0.3 is 19.5 Å². The van der Waals surface area contributed by atoms with Gasteiger partial charge in [-0.1, -0.05) is 6.07 Å². The van der Waals surface area contributed by atoms with Gasteiger partial charge in [-0.2, -0.15) is 0 Å². The number of hydrogen-bond donors (Lipinski definition) is 1. The maximum Gasteiger partial charge on any atom is 0.262 e. The zero-order valence-corrected chi connectivity index (χ0v) is 13.8. The largest absolute Gasteiger partial charge is 0.497 e. The first kappa shape index (κ1) is 17.3. The molecule has 6 heteroatoms. The Hall–Kier alpha value is -3.02. The highest BCUT2D eigenvalue weighted by Gasteiger charge is 2.10. The molecular formula is C18H19NO5. The highest BCUT2D eigenvalue weighted by molar-refractivity contribution is 5.95. The van der Waals surface area contributed by atoms with E-state index in [-0.39, 0.29) is 18.3 Å². The standard InChI is InChI=1S/C18H19NO5/c1-12(20)13-7-8-16(17(9-13)23-3)24-11-18(21)19-14-5-4-6-15(10-14)22-2/h4-10H,11H2,1-3H3,(H,19,21). The molecule has 0 atom stereocenters. The van der Waals surface area contributed by atoms with Gasteiger partial charge in [0.15, 0.2) is 23.9 Å². The second kappa shape index (κ2) is 8.01. The first-order valence-corrected chi connectivity index (χ1v) is 7.29. The van der Waals surface area contributed by atoms with E-state index in [0.717, 1.165) is 0 Å². The minimum Gasteiger partial charge on any atom is -0.497 e. The molecule has 0 aliphatic heterocycles. The Balaban J connectivity index is 1.99. The van der Waals surface area contributed by atoms with Crippen LogP contribution in [-0.4, -0.2) is 32.5 Å². The molecule has 2 rings (SSSR count). The van der Waals surface area contributed by atoms with Crippen LogP contribution in [0.2, 0.25) is 0 Å². The van der Waals surface area contributed by atoms with E-state index in [9.17, 15) is 9.59 Å². The number of anilines is 1. The lowest BCUT2D eigenvalue weighted by atomic mass is 10.1. The molecule has 0 saturated heterocycles. The summed E-state index contributed by atoms with van der Waals surface area (Å²) in [6.45, 7) is 1.28. The van der Waals surface area contributed by atoms with E-state index in [0.29, 0.717) is 28.5 Å². The molecule has 2 aromatic rings. The normalized spacial score (nSPS) is 9.96. The third-order valence-corrected chi connectivity index (χ3v) is 3.28. The summed E-state index contributed by atoms with van der Waals surface area (Å²) in [6.07, 6.45) is 0. The van der Waals surface area contributed by atoms with Gasteiger partial charge in [-0.3, -0.25) is 9.59 Å². The molecule has 0 bridgehead atoms. The Morgan fingerprint density at radius 1 is 1.00 bits per heavy atom. The number of nitrogens with one attached hydrogen (secondary N) is 1. The van der Waals surface area contributed by atoms with E-state index in [2.05, 4.69) is 5.32 Å². The molecule has 0 aliphatic rings. The minimum atomic E-state index is -0.319. The van der Waals surface area contributed by atoms with E-state index in [1.54, 1.807) is 49.6 Å². The highest BCUT2D eigenvalue weighted by Crippen LogP contribution is 2.28. The molecule has 0 aromatic heterocycles. The van der Waals surface area contributed by atoms with Crippen LogP contribution >= 0.6 is 0 Å². The van der Waals surface area contributed by atoms with Gasteiger partial charge in [-0.25, -0.2) is 0 Å². The van der Waals surface area contributed by atoms with Crippen LogP contribution in [0.15, 0.2) is 42.5 Å². The molecule has 0 heterocycles. The second-order valence-electron chi connectivity index (χ2n) is 4.99. The van der Waals surface area contributed by atoms with Gasteiger partial charge >= 0.3 is 0 Å². The monoisotopic (exact) mass is 329 g/mol. The quantitative estimate of drug-likeness (QED) is 0.791. The van der Waals surface area contributed by atoms with Crippen molar-refractivity contribution < 1.29 is 23.8 Å². The number of hydrogen-bond acceptors (Lipinski definition) is 5. The fraction of sp³-hybridized carbons (Fsp3) is 0.222. The molecule has 0 fully saturated rings. The molecule has 0 radical (unpaired) electrons. The lowest BCUT2D eigenvalue weighted by molar-refractivity contribution is -0.118. The van der Waals surface area contributed by atoms with E-state index >= 15 is 0 Å². The van der Waals surface area contributed by atoms with Crippen molar-refractivity contribution in [2.45, 2.75) is 6.92 Å². The van der Waals surface area contributed by atoms with E-state index < -0.39 is 0 Å². The predicted octanol–water partition coefficient (Wildman–Crippen LogP) is 2.92. The number of ether oxygens (including phenoxy) is 3. The van der Waals surface area contributed by atoms with Gasteiger partial charge in [-0.15, -0.1) is 0 Å². The Morgan fingerprint density at radius 2 is 1.79 bits per heavy atom. The van der Waals surface area contributed by atoms with Gasteiger partial charge in [0, 0.05) is 17.3 Å². The molecule has 2 aromatic carbocycles. The molecular weight excluding hydrogens is 310 g/mol. The molecule has 0 unspecified atom stereocenters. The molecule has 0 spiro atoms. The van der Waals surface area contributed by atoms with Crippen LogP contribution in [0.4, 0.5) is 5.69 Å².